The molecule has 5 nitrogen and oxygen atoms in total. The zero-order chi connectivity index (χ0) is 14.2. The first kappa shape index (κ1) is 14.7. The van der Waals surface area contributed by atoms with E-state index in [1.165, 1.54) is 5.56 Å². The Morgan fingerprint density at radius 3 is 2.70 bits per heavy atom. The second-order valence-electron chi connectivity index (χ2n) is 4.35. The molecule has 0 saturated heterocycles. The van der Waals surface area contributed by atoms with Crippen LogP contribution in [0.25, 0.3) is 0 Å². The van der Waals surface area contributed by atoms with Gasteiger partial charge in [0, 0.05) is 31.7 Å². The molecule has 0 fully saturated rings. The zero-order valence-electron chi connectivity index (χ0n) is 11.4. The highest BCUT2D eigenvalue weighted by molar-refractivity contribution is 9.10. The van der Waals surface area contributed by atoms with Crippen LogP contribution >= 0.6 is 15.9 Å². The maximum atomic E-state index is 4.45. The molecule has 0 aliphatic heterocycles. The molecule has 0 aliphatic carbocycles. The highest BCUT2D eigenvalue weighted by Crippen LogP contribution is 2.20. The molecule has 0 aromatic carbocycles. The molecule has 20 heavy (non-hydrogen) atoms. The van der Waals surface area contributed by atoms with Crippen molar-refractivity contribution in [1.29, 1.82) is 0 Å². The van der Waals surface area contributed by atoms with Crippen LogP contribution in [0, 0.1) is 0 Å². The Bertz CT molecular complexity index is 532. The molecular weight excluding hydrogens is 318 g/mol. The molecule has 0 amide bonds. The molecule has 0 radical (unpaired) electrons. The van der Waals surface area contributed by atoms with Gasteiger partial charge in [0.15, 0.2) is 0 Å². The van der Waals surface area contributed by atoms with Gasteiger partial charge in [0.2, 0.25) is 5.95 Å². The topological polar surface area (TPSA) is 62.7 Å². The number of aromatic nitrogens is 3. The van der Waals surface area contributed by atoms with Gasteiger partial charge in [-0.3, -0.25) is 4.98 Å². The largest absolute Gasteiger partial charge is 0.369 e. The third kappa shape index (κ3) is 4.45. The van der Waals surface area contributed by atoms with Gasteiger partial charge < -0.3 is 10.6 Å². The predicted octanol–water partition coefficient (Wildman–Crippen LogP) is 3.11. The van der Waals surface area contributed by atoms with Crippen LogP contribution in [0.1, 0.15) is 18.9 Å². The van der Waals surface area contributed by atoms with Gasteiger partial charge in [-0.1, -0.05) is 6.92 Å². The Morgan fingerprint density at radius 1 is 1.15 bits per heavy atom. The van der Waals surface area contributed by atoms with Crippen molar-refractivity contribution in [2.24, 2.45) is 0 Å². The smallest absolute Gasteiger partial charge is 0.224 e. The number of rotatable bonds is 7. The molecule has 2 aromatic rings. The summed E-state index contributed by atoms with van der Waals surface area (Å²) in [5.74, 6) is 1.47. The monoisotopic (exact) mass is 335 g/mol. The highest BCUT2D eigenvalue weighted by Gasteiger charge is 2.04. The third-order valence-electron chi connectivity index (χ3n) is 2.73. The molecule has 0 unspecified atom stereocenters. The first-order valence-electron chi connectivity index (χ1n) is 6.68. The van der Waals surface area contributed by atoms with Gasteiger partial charge in [-0.15, -0.1) is 0 Å². The van der Waals surface area contributed by atoms with E-state index in [1.54, 1.807) is 6.20 Å². The molecule has 0 atom stereocenters. The summed E-state index contributed by atoms with van der Waals surface area (Å²) in [6, 6.07) is 4.04. The predicted molar refractivity (Wildman–Crippen MR) is 84.9 cm³/mol. The summed E-state index contributed by atoms with van der Waals surface area (Å²) in [6.07, 6.45) is 7.35. The number of hydrogen-bond acceptors (Lipinski definition) is 5. The lowest BCUT2D eigenvalue weighted by atomic mass is 10.2. The Hall–Kier alpha value is -1.69. The normalized spacial score (nSPS) is 10.3. The Morgan fingerprint density at radius 2 is 1.95 bits per heavy atom. The van der Waals surface area contributed by atoms with Crippen LogP contribution in [0.15, 0.2) is 35.2 Å². The maximum Gasteiger partial charge on any atom is 0.224 e. The summed E-state index contributed by atoms with van der Waals surface area (Å²) in [5.41, 5.74) is 1.25. The quantitative estimate of drug-likeness (QED) is 0.813. The number of hydrogen-bond donors (Lipinski definition) is 2. The summed E-state index contributed by atoms with van der Waals surface area (Å²) in [4.78, 5) is 12.7. The zero-order valence-corrected chi connectivity index (χ0v) is 13.0. The molecule has 106 valence electrons. The van der Waals surface area contributed by atoms with Gasteiger partial charge >= 0.3 is 0 Å². The lowest BCUT2D eigenvalue weighted by Crippen LogP contribution is -2.10. The number of nitrogens with zero attached hydrogens (tertiary/aromatic N) is 3. The van der Waals surface area contributed by atoms with Gasteiger partial charge in [-0.2, -0.15) is 4.98 Å². The van der Waals surface area contributed by atoms with Gasteiger partial charge in [0.25, 0.3) is 0 Å². The first-order valence-corrected chi connectivity index (χ1v) is 7.48. The van der Waals surface area contributed by atoms with E-state index in [2.05, 4.69) is 48.4 Å². The number of pyridine rings is 1. The maximum absolute atomic E-state index is 4.45. The van der Waals surface area contributed by atoms with Crippen LogP contribution in [0.4, 0.5) is 11.8 Å². The van der Waals surface area contributed by atoms with Gasteiger partial charge in [0.05, 0.1) is 4.47 Å². The average molecular weight is 336 g/mol. The van der Waals surface area contributed by atoms with E-state index in [4.69, 9.17) is 0 Å². The summed E-state index contributed by atoms with van der Waals surface area (Å²) in [6.45, 7) is 3.80. The second-order valence-corrected chi connectivity index (χ2v) is 5.20. The van der Waals surface area contributed by atoms with Crippen LogP contribution in [-0.4, -0.2) is 28.0 Å². The van der Waals surface area contributed by atoms with E-state index in [0.29, 0.717) is 5.95 Å². The third-order valence-corrected chi connectivity index (χ3v) is 3.31. The SMILES string of the molecule is CCCNc1ncc(Br)c(NCCc2ccncc2)n1. The van der Waals surface area contributed by atoms with Crippen molar-refractivity contribution in [3.05, 3.63) is 40.8 Å². The van der Waals surface area contributed by atoms with Crippen molar-refractivity contribution >= 4 is 27.7 Å². The lowest BCUT2D eigenvalue weighted by molar-refractivity contribution is 0.944. The van der Waals surface area contributed by atoms with E-state index in [9.17, 15) is 0 Å². The minimum Gasteiger partial charge on any atom is -0.369 e. The van der Waals surface area contributed by atoms with E-state index in [1.807, 2.05) is 24.5 Å². The Balaban J connectivity index is 1.91. The first-order chi connectivity index (χ1) is 9.79. The van der Waals surface area contributed by atoms with Gasteiger partial charge in [0.1, 0.15) is 5.82 Å². The fourth-order valence-electron chi connectivity index (χ4n) is 1.69. The number of anilines is 2. The van der Waals surface area contributed by atoms with Crippen LogP contribution in [0.2, 0.25) is 0 Å². The fourth-order valence-corrected chi connectivity index (χ4v) is 2.02. The summed E-state index contributed by atoms with van der Waals surface area (Å²) >= 11 is 3.46. The molecule has 0 saturated carbocycles. The van der Waals surface area contributed by atoms with E-state index >= 15 is 0 Å². The molecule has 2 heterocycles. The van der Waals surface area contributed by atoms with Crippen LogP contribution < -0.4 is 10.6 Å². The molecule has 2 rings (SSSR count). The summed E-state index contributed by atoms with van der Waals surface area (Å²) < 4.78 is 0.870. The second kappa shape index (κ2) is 7.79. The average Bonchev–Trinajstić information content (AvgIpc) is 2.49. The fraction of sp³-hybridized carbons (Fsp3) is 0.357. The number of nitrogens with one attached hydrogen (secondary N) is 2. The van der Waals surface area contributed by atoms with Crippen molar-refractivity contribution in [1.82, 2.24) is 15.0 Å². The van der Waals surface area contributed by atoms with Crippen molar-refractivity contribution < 1.29 is 0 Å². The standard InChI is InChI=1S/C14H18BrN5/c1-2-6-18-14-19-10-12(15)13(20-14)17-9-5-11-3-7-16-8-4-11/h3-4,7-8,10H,2,5-6,9H2,1H3,(H2,17,18,19,20). The van der Waals surface area contributed by atoms with Crippen LogP contribution in [-0.2, 0) is 6.42 Å². The van der Waals surface area contributed by atoms with Crippen LogP contribution in [0.5, 0.6) is 0 Å². The van der Waals surface area contributed by atoms with Gasteiger partial charge in [-0.25, -0.2) is 4.98 Å². The van der Waals surface area contributed by atoms with Crippen molar-refractivity contribution in [3.8, 4) is 0 Å². The van der Waals surface area contributed by atoms with Gasteiger partial charge in [-0.05, 0) is 46.5 Å². The molecule has 0 aliphatic rings. The molecule has 2 N–H and O–H groups in total. The van der Waals surface area contributed by atoms with Crippen molar-refractivity contribution in [3.63, 3.8) is 0 Å². The minimum atomic E-state index is 0.654. The molecule has 2 aromatic heterocycles. The number of halogens is 1. The molecule has 6 heteroatoms. The van der Waals surface area contributed by atoms with Crippen molar-refractivity contribution in [2.45, 2.75) is 19.8 Å². The summed E-state index contributed by atoms with van der Waals surface area (Å²) in [7, 11) is 0. The summed E-state index contributed by atoms with van der Waals surface area (Å²) in [5, 5.41) is 6.50. The molecule has 0 bridgehead atoms. The molecule has 0 spiro atoms. The Kier molecular flexibility index (Phi) is 5.73. The Labute approximate surface area is 127 Å². The van der Waals surface area contributed by atoms with E-state index in [0.717, 1.165) is 36.2 Å². The van der Waals surface area contributed by atoms with Crippen LogP contribution in [0.3, 0.4) is 0 Å². The van der Waals surface area contributed by atoms with Crippen molar-refractivity contribution in [2.75, 3.05) is 23.7 Å². The lowest BCUT2D eigenvalue weighted by Gasteiger charge is -2.09. The minimum absolute atomic E-state index is 0.654. The van der Waals surface area contributed by atoms with E-state index in [-0.39, 0.29) is 0 Å². The molecular formula is C14H18BrN5. The highest BCUT2D eigenvalue weighted by atomic mass is 79.9. The van der Waals surface area contributed by atoms with E-state index < -0.39 is 0 Å².